The first kappa shape index (κ1) is 16.8. The smallest absolute Gasteiger partial charge is 0.0361 e. The standard InChI is InChI=1S/C26H24S/c1-2-3-4-5-9-18-12-8-13-21-15-24-23-14-19-10-6-7-11-20(19)16-25(23)27-26(24)17-22(18)21/h6-8,10-17H,2-5,9H2,1H3. The first-order valence-electron chi connectivity index (χ1n) is 10.1. The highest BCUT2D eigenvalue weighted by Gasteiger charge is 2.10. The second-order valence-corrected chi connectivity index (χ2v) is 8.68. The van der Waals surface area contributed by atoms with E-state index in [9.17, 15) is 0 Å². The Balaban J connectivity index is 1.67. The van der Waals surface area contributed by atoms with E-state index in [1.54, 1.807) is 0 Å². The molecule has 0 spiro atoms. The van der Waals surface area contributed by atoms with Crippen LogP contribution in [0.4, 0.5) is 0 Å². The van der Waals surface area contributed by atoms with Gasteiger partial charge in [0, 0.05) is 20.2 Å². The van der Waals surface area contributed by atoms with Crippen LogP contribution in [0.1, 0.15) is 38.2 Å². The van der Waals surface area contributed by atoms with Gasteiger partial charge in [0.1, 0.15) is 0 Å². The van der Waals surface area contributed by atoms with E-state index >= 15 is 0 Å². The van der Waals surface area contributed by atoms with Crippen molar-refractivity contribution in [2.75, 3.05) is 0 Å². The molecule has 4 aromatic carbocycles. The highest BCUT2D eigenvalue weighted by molar-refractivity contribution is 7.26. The van der Waals surface area contributed by atoms with Crippen molar-refractivity contribution in [3.63, 3.8) is 0 Å². The minimum atomic E-state index is 1.19. The third-order valence-electron chi connectivity index (χ3n) is 5.73. The van der Waals surface area contributed by atoms with Gasteiger partial charge in [-0.25, -0.2) is 0 Å². The molecule has 0 fully saturated rings. The van der Waals surface area contributed by atoms with Crippen LogP contribution in [0.3, 0.4) is 0 Å². The summed E-state index contributed by atoms with van der Waals surface area (Å²) in [4.78, 5) is 0. The van der Waals surface area contributed by atoms with Gasteiger partial charge in [-0.15, -0.1) is 11.3 Å². The van der Waals surface area contributed by atoms with E-state index in [2.05, 4.69) is 73.7 Å². The molecule has 0 radical (unpaired) electrons. The normalized spacial score (nSPS) is 11.9. The molecule has 27 heavy (non-hydrogen) atoms. The summed E-state index contributed by atoms with van der Waals surface area (Å²) in [6.07, 6.45) is 6.47. The second-order valence-electron chi connectivity index (χ2n) is 7.59. The topological polar surface area (TPSA) is 0 Å². The van der Waals surface area contributed by atoms with Crippen LogP contribution in [-0.4, -0.2) is 0 Å². The van der Waals surface area contributed by atoms with E-state index in [1.165, 1.54) is 79.4 Å². The average molecular weight is 369 g/mol. The van der Waals surface area contributed by atoms with Gasteiger partial charge in [0.25, 0.3) is 0 Å². The molecule has 5 rings (SSSR count). The predicted molar refractivity (Wildman–Crippen MR) is 122 cm³/mol. The first-order chi connectivity index (χ1) is 13.3. The van der Waals surface area contributed by atoms with Crippen LogP contribution >= 0.6 is 11.3 Å². The lowest BCUT2D eigenvalue weighted by Crippen LogP contribution is -1.88. The van der Waals surface area contributed by atoms with Gasteiger partial charge in [-0.2, -0.15) is 0 Å². The summed E-state index contributed by atoms with van der Waals surface area (Å²) in [5.74, 6) is 0. The molecule has 0 bridgehead atoms. The Kier molecular flexibility index (Phi) is 4.33. The number of hydrogen-bond donors (Lipinski definition) is 0. The van der Waals surface area contributed by atoms with E-state index in [0.29, 0.717) is 0 Å². The summed E-state index contributed by atoms with van der Waals surface area (Å²) in [6, 6.07) is 25.1. The van der Waals surface area contributed by atoms with Gasteiger partial charge < -0.3 is 0 Å². The summed E-state index contributed by atoms with van der Waals surface area (Å²) in [5.41, 5.74) is 1.51. The van der Waals surface area contributed by atoms with Gasteiger partial charge in [0.2, 0.25) is 0 Å². The summed E-state index contributed by atoms with van der Waals surface area (Å²) in [5, 5.41) is 8.27. The predicted octanol–water partition coefficient (Wildman–Crippen LogP) is 8.48. The van der Waals surface area contributed by atoms with Crippen molar-refractivity contribution in [3.8, 4) is 0 Å². The maximum absolute atomic E-state index is 2.44. The highest BCUT2D eigenvalue weighted by Crippen LogP contribution is 2.39. The lowest BCUT2D eigenvalue weighted by Gasteiger charge is -2.07. The maximum atomic E-state index is 2.44. The van der Waals surface area contributed by atoms with Gasteiger partial charge in [-0.3, -0.25) is 0 Å². The van der Waals surface area contributed by atoms with Gasteiger partial charge in [0.15, 0.2) is 0 Å². The fourth-order valence-electron chi connectivity index (χ4n) is 4.26. The molecule has 0 nitrogen and oxygen atoms in total. The first-order valence-corrected chi connectivity index (χ1v) is 10.9. The minimum Gasteiger partial charge on any atom is -0.135 e. The van der Waals surface area contributed by atoms with Gasteiger partial charge in [-0.05, 0) is 64.2 Å². The monoisotopic (exact) mass is 368 g/mol. The Morgan fingerprint density at radius 3 is 2.15 bits per heavy atom. The maximum Gasteiger partial charge on any atom is 0.0361 e. The molecule has 1 heterocycles. The summed E-state index contributed by atoms with van der Waals surface area (Å²) in [6.45, 7) is 2.28. The molecule has 0 saturated heterocycles. The Hall–Kier alpha value is -2.38. The van der Waals surface area contributed by atoms with Crippen molar-refractivity contribution < 1.29 is 0 Å². The molecular weight excluding hydrogens is 344 g/mol. The number of rotatable bonds is 5. The number of thiophene rings is 1. The molecule has 0 aliphatic carbocycles. The molecule has 0 aliphatic heterocycles. The molecule has 1 aromatic heterocycles. The molecule has 5 aromatic rings. The van der Waals surface area contributed by atoms with E-state index in [-0.39, 0.29) is 0 Å². The van der Waals surface area contributed by atoms with Crippen LogP contribution in [-0.2, 0) is 6.42 Å². The number of aryl methyl sites for hydroxylation is 1. The zero-order valence-electron chi connectivity index (χ0n) is 15.8. The third kappa shape index (κ3) is 3.00. The quantitative estimate of drug-likeness (QED) is 0.273. The van der Waals surface area contributed by atoms with E-state index in [1.807, 2.05) is 11.3 Å². The average Bonchev–Trinajstić information content (AvgIpc) is 3.04. The summed E-state index contributed by atoms with van der Waals surface area (Å²) < 4.78 is 2.80. The lowest BCUT2D eigenvalue weighted by molar-refractivity contribution is 0.668. The number of benzene rings is 4. The van der Waals surface area contributed by atoms with Crippen LogP contribution in [0.2, 0.25) is 0 Å². The van der Waals surface area contributed by atoms with Crippen molar-refractivity contribution in [1.29, 1.82) is 0 Å². The van der Waals surface area contributed by atoms with E-state index < -0.39 is 0 Å². The van der Waals surface area contributed by atoms with Crippen molar-refractivity contribution in [2.24, 2.45) is 0 Å². The molecular formula is C26H24S. The largest absolute Gasteiger partial charge is 0.135 e. The fourth-order valence-corrected chi connectivity index (χ4v) is 5.42. The summed E-state index contributed by atoms with van der Waals surface area (Å²) in [7, 11) is 0. The van der Waals surface area contributed by atoms with Crippen LogP contribution < -0.4 is 0 Å². The molecule has 0 unspecified atom stereocenters. The zero-order chi connectivity index (χ0) is 18.2. The van der Waals surface area contributed by atoms with E-state index in [4.69, 9.17) is 0 Å². The zero-order valence-corrected chi connectivity index (χ0v) is 16.6. The Labute approximate surface area is 164 Å². The number of hydrogen-bond acceptors (Lipinski definition) is 1. The van der Waals surface area contributed by atoms with Crippen molar-refractivity contribution in [3.05, 3.63) is 72.3 Å². The SMILES string of the molecule is CCCCCCc1cccc2cc3c(cc12)sc1cc2ccccc2cc13. The van der Waals surface area contributed by atoms with Gasteiger partial charge in [-0.1, -0.05) is 68.7 Å². The number of fused-ring (bicyclic) bond motifs is 5. The number of unbranched alkanes of at least 4 members (excludes halogenated alkanes) is 3. The summed E-state index contributed by atoms with van der Waals surface area (Å²) >= 11 is 1.93. The van der Waals surface area contributed by atoms with Crippen LogP contribution in [0.25, 0.3) is 41.7 Å². The molecule has 0 saturated carbocycles. The van der Waals surface area contributed by atoms with Crippen molar-refractivity contribution >= 4 is 53.1 Å². The minimum absolute atomic E-state index is 1.19. The second kappa shape index (κ2) is 6.98. The Bertz CT molecular complexity index is 1260. The van der Waals surface area contributed by atoms with Crippen LogP contribution in [0, 0.1) is 0 Å². The van der Waals surface area contributed by atoms with Crippen LogP contribution in [0.15, 0.2) is 66.7 Å². The lowest BCUT2D eigenvalue weighted by atomic mass is 9.97. The fraction of sp³-hybridized carbons (Fsp3) is 0.231. The van der Waals surface area contributed by atoms with Crippen LogP contribution in [0.5, 0.6) is 0 Å². The van der Waals surface area contributed by atoms with Crippen molar-refractivity contribution in [1.82, 2.24) is 0 Å². The molecule has 0 amide bonds. The Morgan fingerprint density at radius 1 is 0.630 bits per heavy atom. The van der Waals surface area contributed by atoms with E-state index in [0.717, 1.165) is 0 Å². The highest BCUT2D eigenvalue weighted by atomic mass is 32.1. The molecule has 0 atom stereocenters. The molecule has 0 N–H and O–H groups in total. The third-order valence-corrected chi connectivity index (χ3v) is 6.84. The van der Waals surface area contributed by atoms with Gasteiger partial charge >= 0.3 is 0 Å². The Morgan fingerprint density at radius 2 is 1.33 bits per heavy atom. The van der Waals surface area contributed by atoms with Gasteiger partial charge in [0.05, 0.1) is 0 Å². The van der Waals surface area contributed by atoms with Crippen molar-refractivity contribution in [2.45, 2.75) is 39.0 Å². The molecule has 0 aliphatic rings. The molecule has 134 valence electrons. The molecule has 1 heteroatoms.